The Bertz CT molecular complexity index is 1210. The van der Waals surface area contributed by atoms with E-state index in [1.807, 2.05) is 42.6 Å². The van der Waals surface area contributed by atoms with Crippen molar-refractivity contribution in [2.75, 3.05) is 18.6 Å². The molecule has 1 aromatic heterocycles. The summed E-state index contributed by atoms with van der Waals surface area (Å²) in [5.74, 6) is 0.866. The van der Waals surface area contributed by atoms with Crippen LogP contribution < -0.4 is 9.64 Å². The minimum Gasteiger partial charge on any atom is -0.489 e. The number of hydrogen-bond donors (Lipinski definition) is 0. The second kappa shape index (κ2) is 10.7. The van der Waals surface area contributed by atoms with Gasteiger partial charge in [-0.15, -0.1) is 0 Å². The number of nitrogens with zero attached hydrogens (tertiary/aromatic N) is 4. The second-order valence-electron chi connectivity index (χ2n) is 12.2. The van der Waals surface area contributed by atoms with Gasteiger partial charge >= 0.3 is 12.2 Å². The van der Waals surface area contributed by atoms with Crippen LogP contribution in [0.4, 0.5) is 15.3 Å². The van der Waals surface area contributed by atoms with E-state index in [1.165, 1.54) is 13.5 Å². The lowest BCUT2D eigenvalue weighted by Crippen LogP contribution is -2.47. The number of carbonyl (C=O) groups is 2. The Hall–Kier alpha value is -3.23. The van der Waals surface area contributed by atoms with Crippen molar-refractivity contribution >= 4 is 17.9 Å². The monoisotopic (exact) mass is 538 g/mol. The molecule has 2 fully saturated rings. The van der Waals surface area contributed by atoms with Gasteiger partial charge in [-0.1, -0.05) is 0 Å². The highest BCUT2D eigenvalue weighted by Crippen LogP contribution is 2.45. The molecular weight excluding hydrogens is 496 g/mol. The fraction of sp³-hybridized carbons (Fsp3) is 0.633. The van der Waals surface area contributed by atoms with E-state index in [0.29, 0.717) is 6.54 Å². The highest BCUT2D eigenvalue weighted by Gasteiger charge is 2.35. The number of amides is 2. The Morgan fingerprint density at radius 1 is 1.03 bits per heavy atom. The number of likely N-dealkylation sites (tertiary alicyclic amines) is 1. The summed E-state index contributed by atoms with van der Waals surface area (Å²) in [5.41, 5.74) is 3.43. The molecule has 0 radical (unpaired) electrons. The number of fused-ring (bicyclic) bond motifs is 1. The van der Waals surface area contributed by atoms with E-state index in [4.69, 9.17) is 19.3 Å². The van der Waals surface area contributed by atoms with E-state index in [0.717, 1.165) is 66.7 Å². The predicted molar refractivity (Wildman–Crippen MR) is 149 cm³/mol. The Morgan fingerprint density at radius 2 is 1.79 bits per heavy atom. The van der Waals surface area contributed by atoms with Gasteiger partial charge in [0.25, 0.3) is 0 Å². The van der Waals surface area contributed by atoms with Crippen LogP contribution in [-0.2, 0) is 15.9 Å². The van der Waals surface area contributed by atoms with Crippen LogP contribution in [0.15, 0.2) is 24.5 Å². The molecule has 1 saturated heterocycles. The molecule has 212 valence electrons. The summed E-state index contributed by atoms with van der Waals surface area (Å²) in [6.45, 7) is 10.4. The summed E-state index contributed by atoms with van der Waals surface area (Å²) in [7, 11) is 1.43. The van der Waals surface area contributed by atoms with Crippen LogP contribution in [0.1, 0.15) is 84.7 Å². The van der Waals surface area contributed by atoms with E-state index < -0.39 is 5.60 Å². The zero-order valence-corrected chi connectivity index (χ0v) is 24.1. The number of rotatable bonds is 4. The van der Waals surface area contributed by atoms with E-state index >= 15 is 0 Å². The van der Waals surface area contributed by atoms with Crippen LogP contribution in [0.25, 0.3) is 11.1 Å². The third kappa shape index (κ3) is 5.58. The van der Waals surface area contributed by atoms with Crippen molar-refractivity contribution < 1.29 is 23.8 Å². The molecule has 1 aliphatic carbocycles. The minimum atomic E-state index is -0.509. The molecular formula is C30H42N4O5. The van der Waals surface area contributed by atoms with Gasteiger partial charge in [0.1, 0.15) is 11.4 Å². The molecule has 9 heteroatoms. The summed E-state index contributed by atoms with van der Waals surface area (Å²) in [5, 5.41) is 4.76. The van der Waals surface area contributed by atoms with Gasteiger partial charge in [-0.2, -0.15) is 5.10 Å². The maximum Gasteiger partial charge on any atom is 0.414 e. The van der Waals surface area contributed by atoms with Crippen LogP contribution in [-0.4, -0.2) is 64.3 Å². The molecule has 2 amide bonds. The highest BCUT2D eigenvalue weighted by atomic mass is 16.6. The fourth-order valence-electron chi connectivity index (χ4n) is 5.85. The Balaban J connectivity index is 1.40. The molecule has 1 aromatic carbocycles. The summed E-state index contributed by atoms with van der Waals surface area (Å²) in [6, 6.07) is 4.37. The van der Waals surface area contributed by atoms with Crippen LogP contribution in [0, 0.1) is 0 Å². The molecule has 2 aliphatic heterocycles. The first-order valence-corrected chi connectivity index (χ1v) is 14.3. The van der Waals surface area contributed by atoms with Crippen LogP contribution in [0.2, 0.25) is 0 Å². The van der Waals surface area contributed by atoms with Crippen LogP contribution >= 0.6 is 0 Å². The zero-order chi connectivity index (χ0) is 27.9. The molecule has 3 heterocycles. The number of ether oxygens (including phenoxy) is 3. The smallest absolute Gasteiger partial charge is 0.414 e. The molecule has 0 bridgehead atoms. The van der Waals surface area contributed by atoms with Gasteiger partial charge in [0.05, 0.1) is 31.1 Å². The number of carbonyl (C=O) groups excluding carboxylic acids is 2. The van der Waals surface area contributed by atoms with Crippen molar-refractivity contribution in [1.82, 2.24) is 14.7 Å². The summed E-state index contributed by atoms with van der Waals surface area (Å²) < 4.78 is 19.4. The average Bonchev–Trinajstić information content (AvgIpc) is 3.34. The molecule has 1 saturated carbocycles. The molecule has 3 atom stereocenters. The van der Waals surface area contributed by atoms with Crippen LogP contribution in [0.3, 0.4) is 0 Å². The van der Waals surface area contributed by atoms with Crippen molar-refractivity contribution in [1.29, 1.82) is 0 Å². The molecule has 3 aliphatic rings. The van der Waals surface area contributed by atoms with Gasteiger partial charge in [-0.05, 0) is 91.7 Å². The highest BCUT2D eigenvalue weighted by molar-refractivity contribution is 5.92. The minimum absolute atomic E-state index is 0.0544. The van der Waals surface area contributed by atoms with E-state index in [1.54, 1.807) is 4.90 Å². The van der Waals surface area contributed by atoms with Crippen molar-refractivity contribution in [2.45, 2.75) is 109 Å². The maximum absolute atomic E-state index is 12.7. The first kappa shape index (κ1) is 27.3. The van der Waals surface area contributed by atoms with Gasteiger partial charge in [0.15, 0.2) is 0 Å². The van der Waals surface area contributed by atoms with Crippen LogP contribution in [0.5, 0.6) is 5.75 Å². The molecule has 2 aromatic rings. The van der Waals surface area contributed by atoms with Gasteiger partial charge < -0.3 is 19.1 Å². The maximum atomic E-state index is 12.7. The topological polar surface area (TPSA) is 86.1 Å². The second-order valence-corrected chi connectivity index (χ2v) is 12.2. The average molecular weight is 539 g/mol. The SMILES string of the molecule is COC(=O)N1c2ccc(-c3cnn([C@@H]4CCN(C(=O)OC(C)(C)C)[C@@H](C)C4)c3)c(OC3CCC3)c2CC[C@@H]1C. The standard InChI is InChI=1S/C30H42N4O5/c1-19-10-11-25-26(34(19)29(36)37-6)13-12-24(27(25)38-23-8-7-9-23)21-17-31-33(18-21)22-14-15-32(20(2)16-22)28(35)39-30(3,4)5/h12-13,17-20,22-23H,7-11,14-16H2,1-6H3/t19-,20-,22+/m0/s1. The lowest BCUT2D eigenvalue weighted by molar-refractivity contribution is 0.00729. The Labute approximate surface area is 231 Å². The van der Waals surface area contributed by atoms with Crippen molar-refractivity contribution in [3.8, 4) is 16.9 Å². The third-order valence-electron chi connectivity index (χ3n) is 8.22. The van der Waals surface area contributed by atoms with E-state index in [9.17, 15) is 9.59 Å². The molecule has 0 N–H and O–H groups in total. The van der Waals surface area contributed by atoms with Gasteiger partial charge in [-0.3, -0.25) is 9.58 Å². The van der Waals surface area contributed by atoms with E-state index in [2.05, 4.69) is 26.1 Å². The van der Waals surface area contributed by atoms with Crippen molar-refractivity contribution in [2.24, 2.45) is 0 Å². The molecule has 9 nitrogen and oxygen atoms in total. The summed E-state index contributed by atoms with van der Waals surface area (Å²) in [6.07, 6.45) is 10.2. The van der Waals surface area contributed by atoms with Gasteiger partial charge in [0, 0.05) is 41.5 Å². The number of benzene rings is 1. The normalized spacial score (nSPS) is 23.6. The van der Waals surface area contributed by atoms with Crippen molar-refractivity contribution in [3.63, 3.8) is 0 Å². The Morgan fingerprint density at radius 3 is 2.44 bits per heavy atom. The number of methoxy groups -OCH3 is 1. The zero-order valence-electron chi connectivity index (χ0n) is 24.1. The number of anilines is 1. The third-order valence-corrected chi connectivity index (χ3v) is 8.22. The summed E-state index contributed by atoms with van der Waals surface area (Å²) in [4.78, 5) is 28.9. The molecule has 0 spiro atoms. The molecule has 0 unspecified atom stereocenters. The quantitative estimate of drug-likeness (QED) is 0.451. The lowest BCUT2D eigenvalue weighted by atomic mass is 9.91. The summed E-state index contributed by atoms with van der Waals surface area (Å²) >= 11 is 0. The first-order chi connectivity index (χ1) is 18.6. The fourth-order valence-corrected chi connectivity index (χ4v) is 5.85. The predicted octanol–water partition coefficient (Wildman–Crippen LogP) is 6.35. The first-order valence-electron chi connectivity index (χ1n) is 14.3. The number of piperidine rings is 1. The Kier molecular flexibility index (Phi) is 7.53. The largest absolute Gasteiger partial charge is 0.489 e. The van der Waals surface area contributed by atoms with E-state index in [-0.39, 0.29) is 36.4 Å². The van der Waals surface area contributed by atoms with Gasteiger partial charge in [-0.25, -0.2) is 9.59 Å². The van der Waals surface area contributed by atoms with Gasteiger partial charge in [0.2, 0.25) is 0 Å². The lowest BCUT2D eigenvalue weighted by Gasteiger charge is -2.38. The molecule has 5 rings (SSSR count). The number of aromatic nitrogens is 2. The van der Waals surface area contributed by atoms with Crippen molar-refractivity contribution in [3.05, 3.63) is 30.1 Å². The number of hydrogen-bond acceptors (Lipinski definition) is 6. The molecule has 39 heavy (non-hydrogen) atoms.